The van der Waals surface area contributed by atoms with E-state index in [0.717, 1.165) is 0 Å². The van der Waals surface area contributed by atoms with Crippen molar-refractivity contribution in [3.05, 3.63) is 53.8 Å². The Morgan fingerprint density at radius 2 is 1.74 bits per heavy atom. The maximum atomic E-state index is 14.1. The molecule has 0 fully saturated rings. The van der Waals surface area contributed by atoms with Crippen LogP contribution in [-0.4, -0.2) is 14.0 Å². The Morgan fingerprint density at radius 3 is 2.30 bits per heavy atom. The van der Waals surface area contributed by atoms with Gasteiger partial charge in [0.05, 0.1) is 4.90 Å². The van der Waals surface area contributed by atoms with Gasteiger partial charge in [-0.1, -0.05) is 37.3 Å². The van der Waals surface area contributed by atoms with E-state index in [1.807, 2.05) is 6.92 Å². The fraction of sp³-hybridized carbons (Fsp3) is 0.333. The number of hydrogen-bond acceptors (Lipinski definition) is 2. The molecule has 5 heteroatoms. The van der Waals surface area contributed by atoms with Gasteiger partial charge in [-0.25, -0.2) is 17.5 Å². The van der Waals surface area contributed by atoms with E-state index in [0.29, 0.717) is 23.1 Å². The first-order chi connectivity index (χ1) is 10.6. The summed E-state index contributed by atoms with van der Waals surface area (Å²) in [7, 11) is -3.70. The molecule has 2 aromatic rings. The molecule has 3 nitrogen and oxygen atoms in total. The van der Waals surface area contributed by atoms with E-state index in [1.54, 1.807) is 51.1 Å². The fourth-order valence-electron chi connectivity index (χ4n) is 2.40. The minimum Gasteiger partial charge on any atom is -0.207 e. The molecule has 0 aliphatic rings. The summed E-state index contributed by atoms with van der Waals surface area (Å²) in [6.07, 6.45) is 0.595. The molecular formula is C18H22FNO2S. The summed E-state index contributed by atoms with van der Waals surface area (Å²) in [5, 5.41) is 0. The maximum absolute atomic E-state index is 14.1. The Hall–Kier alpha value is -1.72. The summed E-state index contributed by atoms with van der Waals surface area (Å²) >= 11 is 0. The lowest BCUT2D eigenvalue weighted by Gasteiger charge is -2.21. The number of benzene rings is 2. The van der Waals surface area contributed by atoms with Crippen molar-refractivity contribution in [1.82, 2.24) is 4.72 Å². The van der Waals surface area contributed by atoms with E-state index in [1.165, 1.54) is 12.1 Å². The van der Waals surface area contributed by atoms with Crippen molar-refractivity contribution in [3.8, 4) is 11.1 Å². The molecule has 124 valence electrons. The van der Waals surface area contributed by atoms with Gasteiger partial charge in [0, 0.05) is 11.1 Å². The largest absolute Gasteiger partial charge is 0.241 e. The molecule has 0 saturated carbocycles. The average Bonchev–Trinajstić information content (AvgIpc) is 2.44. The van der Waals surface area contributed by atoms with Crippen LogP contribution in [0.4, 0.5) is 4.39 Å². The second-order valence-corrected chi connectivity index (χ2v) is 8.16. The van der Waals surface area contributed by atoms with E-state index in [-0.39, 0.29) is 10.7 Å². The van der Waals surface area contributed by atoms with Crippen LogP contribution in [-0.2, 0) is 16.4 Å². The Morgan fingerprint density at radius 1 is 1.09 bits per heavy atom. The van der Waals surface area contributed by atoms with Crippen LogP contribution < -0.4 is 4.72 Å². The van der Waals surface area contributed by atoms with E-state index in [2.05, 4.69) is 4.72 Å². The summed E-state index contributed by atoms with van der Waals surface area (Å²) in [5.74, 6) is -0.319. The smallest absolute Gasteiger partial charge is 0.207 e. The first-order valence-corrected chi connectivity index (χ1v) is 9.04. The van der Waals surface area contributed by atoms with Gasteiger partial charge in [-0.05, 0) is 50.5 Å². The molecule has 0 aromatic heterocycles. The van der Waals surface area contributed by atoms with Gasteiger partial charge in [0.2, 0.25) is 10.0 Å². The third-order valence-electron chi connectivity index (χ3n) is 3.36. The van der Waals surface area contributed by atoms with Crippen molar-refractivity contribution in [2.45, 2.75) is 44.6 Å². The molecular weight excluding hydrogens is 313 g/mol. The molecule has 0 aliphatic carbocycles. The summed E-state index contributed by atoms with van der Waals surface area (Å²) in [6.45, 7) is 7.22. The average molecular weight is 335 g/mol. The monoisotopic (exact) mass is 335 g/mol. The van der Waals surface area contributed by atoms with Gasteiger partial charge < -0.3 is 0 Å². The standard InChI is InChI=1S/C18H22FNO2S/c1-5-13-10-11-14(12-16(13)19)15-8-6-7-9-17(15)23(21,22)20-18(2,3)4/h6-12,20H,5H2,1-4H3. The second-order valence-electron chi connectivity index (χ2n) is 6.51. The summed E-state index contributed by atoms with van der Waals surface area (Å²) in [6, 6.07) is 11.5. The van der Waals surface area contributed by atoms with Crippen LogP contribution in [0.3, 0.4) is 0 Å². The Bertz CT molecular complexity index is 808. The van der Waals surface area contributed by atoms with Gasteiger partial charge in [-0.2, -0.15) is 0 Å². The van der Waals surface area contributed by atoms with Crippen molar-refractivity contribution in [1.29, 1.82) is 0 Å². The SMILES string of the molecule is CCc1ccc(-c2ccccc2S(=O)(=O)NC(C)(C)C)cc1F. The summed E-state index contributed by atoms with van der Waals surface area (Å²) < 4.78 is 42.0. The molecule has 0 unspecified atom stereocenters. The number of halogens is 1. The predicted molar refractivity (Wildman–Crippen MR) is 91.3 cm³/mol. The van der Waals surface area contributed by atoms with E-state index >= 15 is 0 Å². The molecule has 2 rings (SSSR count). The molecule has 0 atom stereocenters. The normalized spacial score (nSPS) is 12.4. The van der Waals surface area contributed by atoms with Crippen LogP contribution in [0, 0.1) is 5.82 Å². The van der Waals surface area contributed by atoms with Crippen LogP contribution in [0.15, 0.2) is 47.4 Å². The highest BCUT2D eigenvalue weighted by Gasteiger charge is 2.24. The molecule has 0 aliphatic heterocycles. The second kappa shape index (κ2) is 6.42. The topological polar surface area (TPSA) is 46.2 Å². The zero-order valence-electron chi connectivity index (χ0n) is 13.9. The van der Waals surface area contributed by atoms with Gasteiger partial charge in [-0.15, -0.1) is 0 Å². The van der Waals surface area contributed by atoms with Crippen LogP contribution in [0.1, 0.15) is 33.3 Å². The lowest BCUT2D eigenvalue weighted by atomic mass is 10.0. The highest BCUT2D eigenvalue weighted by Crippen LogP contribution is 2.29. The zero-order chi connectivity index (χ0) is 17.3. The van der Waals surface area contributed by atoms with E-state index < -0.39 is 15.6 Å². The fourth-order valence-corrected chi connectivity index (χ4v) is 4.05. The van der Waals surface area contributed by atoms with Gasteiger partial charge in [0.25, 0.3) is 0 Å². The van der Waals surface area contributed by atoms with Crippen LogP contribution in [0.25, 0.3) is 11.1 Å². The summed E-state index contributed by atoms with van der Waals surface area (Å²) in [5.41, 5.74) is 1.06. The van der Waals surface area contributed by atoms with Crippen LogP contribution >= 0.6 is 0 Å². The number of sulfonamides is 1. The molecule has 0 spiro atoms. The minimum absolute atomic E-state index is 0.151. The van der Waals surface area contributed by atoms with E-state index in [9.17, 15) is 12.8 Å². The third-order valence-corrected chi connectivity index (χ3v) is 5.18. The maximum Gasteiger partial charge on any atom is 0.241 e. The molecule has 0 amide bonds. The Labute approximate surface area is 137 Å². The van der Waals surface area contributed by atoms with Crippen molar-refractivity contribution in [2.75, 3.05) is 0 Å². The van der Waals surface area contributed by atoms with Gasteiger partial charge in [-0.3, -0.25) is 0 Å². The zero-order valence-corrected chi connectivity index (χ0v) is 14.7. The lowest BCUT2D eigenvalue weighted by Crippen LogP contribution is -2.40. The quantitative estimate of drug-likeness (QED) is 0.913. The molecule has 1 N–H and O–H groups in total. The van der Waals surface area contributed by atoms with Crippen LogP contribution in [0.2, 0.25) is 0 Å². The van der Waals surface area contributed by atoms with Crippen molar-refractivity contribution >= 4 is 10.0 Å². The van der Waals surface area contributed by atoms with Crippen LogP contribution in [0.5, 0.6) is 0 Å². The summed E-state index contributed by atoms with van der Waals surface area (Å²) in [4.78, 5) is 0.151. The lowest BCUT2D eigenvalue weighted by molar-refractivity contribution is 0.491. The molecule has 0 heterocycles. The van der Waals surface area contributed by atoms with Crippen molar-refractivity contribution < 1.29 is 12.8 Å². The molecule has 0 radical (unpaired) electrons. The third kappa shape index (κ3) is 4.18. The van der Waals surface area contributed by atoms with Crippen molar-refractivity contribution in [2.24, 2.45) is 0 Å². The number of aryl methyl sites for hydroxylation is 1. The van der Waals surface area contributed by atoms with Gasteiger partial charge >= 0.3 is 0 Å². The molecule has 0 bridgehead atoms. The minimum atomic E-state index is -3.70. The van der Waals surface area contributed by atoms with Crippen molar-refractivity contribution in [3.63, 3.8) is 0 Å². The first-order valence-electron chi connectivity index (χ1n) is 7.56. The predicted octanol–water partition coefficient (Wildman–Crippen LogP) is 4.13. The molecule has 0 saturated heterocycles. The number of nitrogens with one attached hydrogen (secondary N) is 1. The Kier molecular flexibility index (Phi) is 4.92. The highest BCUT2D eigenvalue weighted by atomic mass is 32.2. The first kappa shape index (κ1) is 17.6. The van der Waals surface area contributed by atoms with Gasteiger partial charge in [0.15, 0.2) is 0 Å². The van der Waals surface area contributed by atoms with E-state index in [4.69, 9.17) is 0 Å². The highest BCUT2D eigenvalue weighted by molar-refractivity contribution is 7.89. The van der Waals surface area contributed by atoms with Gasteiger partial charge in [0.1, 0.15) is 5.82 Å². The number of hydrogen-bond donors (Lipinski definition) is 1. The number of rotatable bonds is 4. The Balaban J connectivity index is 2.56. The molecule has 2 aromatic carbocycles. The molecule has 23 heavy (non-hydrogen) atoms.